The topological polar surface area (TPSA) is 38.5 Å². The number of ether oxygens (including phenoxy) is 1. The van der Waals surface area contributed by atoms with Crippen molar-refractivity contribution in [1.82, 2.24) is 4.90 Å². The van der Waals surface area contributed by atoms with Crippen LogP contribution in [0.2, 0.25) is 0 Å². The molecule has 15 heavy (non-hydrogen) atoms. The molecule has 0 heterocycles. The number of methoxy groups -OCH3 is 1. The summed E-state index contributed by atoms with van der Waals surface area (Å²) in [5, 5.41) is 0. The Labute approximate surface area is 95.0 Å². The van der Waals surface area contributed by atoms with Crippen molar-refractivity contribution in [3.8, 4) is 0 Å². The van der Waals surface area contributed by atoms with E-state index in [-0.39, 0.29) is 0 Å². The van der Waals surface area contributed by atoms with Gasteiger partial charge in [0.25, 0.3) is 0 Å². The molecule has 0 aromatic carbocycles. The summed E-state index contributed by atoms with van der Waals surface area (Å²) in [7, 11) is 3.89. The second-order valence-corrected chi connectivity index (χ2v) is 4.54. The Morgan fingerprint density at radius 1 is 1.33 bits per heavy atom. The van der Waals surface area contributed by atoms with Gasteiger partial charge in [-0.3, -0.25) is 4.90 Å². The quantitative estimate of drug-likeness (QED) is 0.671. The van der Waals surface area contributed by atoms with Gasteiger partial charge in [-0.15, -0.1) is 0 Å². The smallest absolute Gasteiger partial charge is 0.0615 e. The molecule has 92 valence electrons. The summed E-state index contributed by atoms with van der Waals surface area (Å²) in [6.45, 7) is 8.20. The average molecular weight is 216 g/mol. The van der Waals surface area contributed by atoms with Crippen LogP contribution in [-0.4, -0.2) is 44.3 Å². The van der Waals surface area contributed by atoms with Gasteiger partial charge in [0, 0.05) is 25.7 Å². The Morgan fingerprint density at radius 2 is 1.93 bits per heavy atom. The van der Waals surface area contributed by atoms with Gasteiger partial charge in [0.15, 0.2) is 0 Å². The zero-order chi connectivity index (χ0) is 11.8. The minimum atomic E-state index is 0.433. The largest absolute Gasteiger partial charge is 0.383 e. The first-order valence-electron chi connectivity index (χ1n) is 5.99. The van der Waals surface area contributed by atoms with Crippen LogP contribution >= 0.6 is 0 Å². The van der Waals surface area contributed by atoms with Crippen molar-refractivity contribution in [2.45, 2.75) is 45.7 Å². The lowest BCUT2D eigenvalue weighted by molar-refractivity contribution is 0.0716. The van der Waals surface area contributed by atoms with E-state index in [1.165, 1.54) is 12.8 Å². The van der Waals surface area contributed by atoms with E-state index in [9.17, 15) is 0 Å². The van der Waals surface area contributed by atoms with Crippen LogP contribution < -0.4 is 5.73 Å². The van der Waals surface area contributed by atoms with Crippen LogP contribution in [0.25, 0.3) is 0 Å². The molecule has 0 aliphatic heterocycles. The maximum Gasteiger partial charge on any atom is 0.0615 e. The number of hydrogen-bond acceptors (Lipinski definition) is 3. The lowest BCUT2D eigenvalue weighted by Crippen LogP contribution is -2.48. The first-order valence-corrected chi connectivity index (χ1v) is 5.99. The summed E-state index contributed by atoms with van der Waals surface area (Å²) in [5.41, 5.74) is 5.86. The molecule has 0 aliphatic rings. The predicted molar refractivity (Wildman–Crippen MR) is 66.0 cm³/mol. The molecule has 3 atom stereocenters. The third-order valence-corrected chi connectivity index (χ3v) is 3.27. The molecule has 3 unspecified atom stereocenters. The number of hydrogen-bond donors (Lipinski definition) is 1. The van der Waals surface area contributed by atoms with Crippen molar-refractivity contribution in [1.29, 1.82) is 0 Å². The van der Waals surface area contributed by atoms with Crippen molar-refractivity contribution in [2.75, 3.05) is 27.3 Å². The summed E-state index contributed by atoms with van der Waals surface area (Å²) in [6, 6.07) is 0.901. The maximum atomic E-state index is 5.86. The standard InChI is InChI=1S/C12H28N2O/c1-6-7-10(2)12(8-13)14(4)11(3)9-15-5/h10-12H,6-9,13H2,1-5H3. The van der Waals surface area contributed by atoms with E-state index in [0.29, 0.717) is 18.0 Å². The summed E-state index contributed by atoms with van der Waals surface area (Å²) in [5.74, 6) is 0.657. The molecule has 0 amide bonds. The fourth-order valence-electron chi connectivity index (χ4n) is 2.13. The van der Waals surface area contributed by atoms with Crippen LogP contribution in [0.4, 0.5) is 0 Å². The Bertz CT molecular complexity index is 153. The van der Waals surface area contributed by atoms with E-state index in [1.807, 2.05) is 0 Å². The highest BCUT2D eigenvalue weighted by atomic mass is 16.5. The average Bonchev–Trinajstić information content (AvgIpc) is 2.19. The first-order chi connectivity index (χ1) is 7.08. The van der Waals surface area contributed by atoms with Crippen LogP contribution in [0.3, 0.4) is 0 Å². The van der Waals surface area contributed by atoms with Gasteiger partial charge in [0.1, 0.15) is 0 Å². The van der Waals surface area contributed by atoms with Crippen molar-refractivity contribution < 1.29 is 4.74 Å². The Morgan fingerprint density at radius 3 is 2.33 bits per heavy atom. The number of likely N-dealkylation sites (N-methyl/N-ethyl adjacent to an activating group) is 1. The number of rotatable bonds is 8. The molecule has 3 heteroatoms. The number of nitrogens with two attached hydrogens (primary N) is 1. The van der Waals surface area contributed by atoms with Crippen molar-refractivity contribution in [3.05, 3.63) is 0 Å². The highest BCUT2D eigenvalue weighted by Crippen LogP contribution is 2.16. The van der Waals surface area contributed by atoms with E-state index in [1.54, 1.807) is 7.11 Å². The maximum absolute atomic E-state index is 5.86. The highest BCUT2D eigenvalue weighted by molar-refractivity contribution is 4.79. The first kappa shape index (κ1) is 14.9. The van der Waals surface area contributed by atoms with Crippen LogP contribution in [-0.2, 0) is 4.74 Å². The Balaban J connectivity index is 4.24. The third kappa shape index (κ3) is 4.96. The van der Waals surface area contributed by atoms with E-state index in [0.717, 1.165) is 13.2 Å². The van der Waals surface area contributed by atoms with Gasteiger partial charge in [-0.2, -0.15) is 0 Å². The van der Waals surface area contributed by atoms with E-state index < -0.39 is 0 Å². The molecule has 0 radical (unpaired) electrons. The fourth-order valence-corrected chi connectivity index (χ4v) is 2.13. The zero-order valence-corrected chi connectivity index (χ0v) is 11.0. The van der Waals surface area contributed by atoms with Crippen molar-refractivity contribution >= 4 is 0 Å². The summed E-state index contributed by atoms with van der Waals surface area (Å²) < 4.78 is 5.18. The molecule has 2 N–H and O–H groups in total. The molecule has 3 nitrogen and oxygen atoms in total. The number of nitrogens with zero attached hydrogens (tertiary/aromatic N) is 1. The van der Waals surface area contributed by atoms with Gasteiger partial charge in [-0.1, -0.05) is 20.3 Å². The Hall–Kier alpha value is -0.120. The third-order valence-electron chi connectivity index (χ3n) is 3.27. The lowest BCUT2D eigenvalue weighted by atomic mass is 9.95. The molecule has 0 aromatic heterocycles. The monoisotopic (exact) mass is 216 g/mol. The molecule has 0 saturated heterocycles. The molecule has 0 saturated carbocycles. The van der Waals surface area contributed by atoms with E-state index in [4.69, 9.17) is 10.5 Å². The van der Waals surface area contributed by atoms with Crippen LogP contribution in [0.15, 0.2) is 0 Å². The van der Waals surface area contributed by atoms with Gasteiger partial charge in [-0.25, -0.2) is 0 Å². The molecular formula is C12H28N2O. The van der Waals surface area contributed by atoms with Crippen molar-refractivity contribution in [3.63, 3.8) is 0 Å². The molecule has 0 bridgehead atoms. The highest BCUT2D eigenvalue weighted by Gasteiger charge is 2.23. The van der Waals surface area contributed by atoms with E-state index >= 15 is 0 Å². The predicted octanol–water partition coefficient (Wildman–Crippen LogP) is 1.72. The van der Waals surface area contributed by atoms with Gasteiger partial charge in [-0.05, 0) is 26.3 Å². The second-order valence-electron chi connectivity index (χ2n) is 4.54. The zero-order valence-electron chi connectivity index (χ0n) is 11.0. The lowest BCUT2D eigenvalue weighted by Gasteiger charge is -2.36. The molecule has 0 rings (SSSR count). The summed E-state index contributed by atoms with van der Waals surface area (Å²) in [4.78, 5) is 2.35. The molecule has 0 aromatic rings. The summed E-state index contributed by atoms with van der Waals surface area (Å²) >= 11 is 0. The minimum absolute atomic E-state index is 0.433. The molecular weight excluding hydrogens is 188 g/mol. The van der Waals surface area contributed by atoms with Gasteiger partial charge < -0.3 is 10.5 Å². The Kier molecular flexibility index (Phi) is 8.02. The van der Waals surface area contributed by atoms with Crippen LogP contribution in [0.1, 0.15) is 33.6 Å². The van der Waals surface area contributed by atoms with Crippen LogP contribution in [0.5, 0.6) is 0 Å². The van der Waals surface area contributed by atoms with Crippen LogP contribution in [0, 0.1) is 5.92 Å². The van der Waals surface area contributed by atoms with Gasteiger partial charge >= 0.3 is 0 Å². The molecule has 0 aliphatic carbocycles. The van der Waals surface area contributed by atoms with E-state index in [2.05, 4.69) is 32.7 Å². The summed E-state index contributed by atoms with van der Waals surface area (Å²) in [6.07, 6.45) is 2.47. The minimum Gasteiger partial charge on any atom is -0.383 e. The van der Waals surface area contributed by atoms with Crippen molar-refractivity contribution in [2.24, 2.45) is 11.7 Å². The van der Waals surface area contributed by atoms with Gasteiger partial charge in [0.05, 0.1) is 6.61 Å². The second kappa shape index (κ2) is 8.08. The SMILES string of the molecule is CCCC(C)C(CN)N(C)C(C)COC. The fraction of sp³-hybridized carbons (Fsp3) is 1.00. The van der Waals surface area contributed by atoms with Gasteiger partial charge in [0.2, 0.25) is 0 Å². The normalized spacial score (nSPS) is 17.8. The molecule has 0 fully saturated rings. The molecule has 0 spiro atoms.